The van der Waals surface area contributed by atoms with Crippen molar-refractivity contribution in [2.45, 2.75) is 25.0 Å². The molecule has 0 aliphatic heterocycles. The number of aliphatic hydroxyl groups is 2. The summed E-state index contributed by atoms with van der Waals surface area (Å²) < 4.78 is 9.33. The van der Waals surface area contributed by atoms with Gasteiger partial charge in [0.05, 0.1) is 37.6 Å². The van der Waals surface area contributed by atoms with Crippen molar-refractivity contribution >= 4 is 35.1 Å². The van der Waals surface area contributed by atoms with Gasteiger partial charge in [-0.05, 0) is 96.7 Å². The highest BCUT2D eigenvalue weighted by molar-refractivity contribution is 6.30. The van der Waals surface area contributed by atoms with Crippen LogP contribution in [0.4, 0.5) is 0 Å². The number of methoxy groups -OCH3 is 2. The molecule has 0 aliphatic carbocycles. The number of hydrogen-bond acceptors (Lipinski definition) is 8. The summed E-state index contributed by atoms with van der Waals surface area (Å²) >= 11 is 11.8. The van der Waals surface area contributed by atoms with Crippen molar-refractivity contribution < 1.29 is 29.3 Å². The molecule has 2 unspecified atom stereocenters. The Hall–Kier alpha value is -3.76. The van der Waals surface area contributed by atoms with Crippen LogP contribution in [-0.2, 0) is 22.3 Å². The molecule has 0 radical (unpaired) electrons. The van der Waals surface area contributed by atoms with E-state index in [4.69, 9.17) is 23.2 Å². The maximum absolute atomic E-state index is 11.3. The molecule has 0 aliphatic rings. The van der Waals surface area contributed by atoms with Crippen LogP contribution in [0.15, 0.2) is 97.1 Å². The van der Waals surface area contributed by atoms with Gasteiger partial charge in [-0.3, -0.25) is 0 Å². The van der Waals surface area contributed by atoms with Gasteiger partial charge in [-0.1, -0.05) is 71.7 Å². The van der Waals surface area contributed by atoms with Crippen molar-refractivity contribution in [1.29, 1.82) is 0 Å². The summed E-state index contributed by atoms with van der Waals surface area (Å²) in [4.78, 5) is 22.7. The van der Waals surface area contributed by atoms with E-state index in [1.807, 2.05) is 48.5 Å². The standard InChI is InChI=1S/2C18H20ClNO3/c2*1-23-18(22)14-7-5-13(6-8-14)9-10-20-12-17(21)15-3-2-4-16(19)11-15/h2*2-8,11,17,20-21H,9-10,12H2,1H3. The third-order valence-corrected chi connectivity index (χ3v) is 7.54. The molecule has 10 heteroatoms. The van der Waals surface area contributed by atoms with Gasteiger partial charge < -0.3 is 30.3 Å². The number of hydrogen-bond donors (Lipinski definition) is 4. The van der Waals surface area contributed by atoms with Crippen molar-refractivity contribution in [2.75, 3.05) is 40.4 Å². The van der Waals surface area contributed by atoms with Gasteiger partial charge in [0.25, 0.3) is 0 Å². The van der Waals surface area contributed by atoms with Gasteiger partial charge in [0.2, 0.25) is 0 Å². The maximum Gasteiger partial charge on any atom is 0.337 e. The van der Waals surface area contributed by atoms with Crippen LogP contribution in [0.1, 0.15) is 55.2 Å². The summed E-state index contributed by atoms with van der Waals surface area (Å²) in [6, 6.07) is 29.1. The highest BCUT2D eigenvalue weighted by Gasteiger charge is 2.09. The largest absolute Gasteiger partial charge is 0.465 e. The highest BCUT2D eigenvalue weighted by atomic mass is 35.5. The zero-order valence-electron chi connectivity index (χ0n) is 25.9. The minimum atomic E-state index is -0.588. The second kappa shape index (κ2) is 19.7. The van der Waals surface area contributed by atoms with E-state index in [0.29, 0.717) is 34.3 Å². The molecule has 4 rings (SSSR count). The van der Waals surface area contributed by atoms with Gasteiger partial charge in [0.15, 0.2) is 0 Å². The predicted molar refractivity (Wildman–Crippen MR) is 182 cm³/mol. The Labute approximate surface area is 280 Å². The molecule has 244 valence electrons. The first-order valence-corrected chi connectivity index (χ1v) is 15.6. The molecule has 0 amide bonds. The minimum Gasteiger partial charge on any atom is -0.465 e. The van der Waals surface area contributed by atoms with Crippen molar-refractivity contribution in [3.63, 3.8) is 0 Å². The Balaban J connectivity index is 0.000000250. The molecule has 8 nitrogen and oxygen atoms in total. The smallest absolute Gasteiger partial charge is 0.337 e. The summed E-state index contributed by atoms with van der Waals surface area (Å²) in [6.07, 6.45) is 0.443. The van der Waals surface area contributed by atoms with E-state index in [-0.39, 0.29) is 11.9 Å². The number of carbonyl (C=O) groups is 2. The number of ether oxygens (including phenoxy) is 2. The van der Waals surface area contributed by atoms with Crippen LogP contribution in [-0.4, -0.2) is 62.6 Å². The lowest BCUT2D eigenvalue weighted by molar-refractivity contribution is 0.0592. The first kappa shape index (κ1) is 36.7. The lowest BCUT2D eigenvalue weighted by Gasteiger charge is -2.12. The summed E-state index contributed by atoms with van der Waals surface area (Å²) in [5, 5.41) is 27.9. The molecular formula is C36H40Cl2N2O6. The average molecular weight is 668 g/mol. The molecule has 0 bridgehead atoms. The fourth-order valence-electron chi connectivity index (χ4n) is 4.46. The Morgan fingerprint density at radius 2 is 1.00 bits per heavy atom. The van der Waals surface area contributed by atoms with E-state index < -0.39 is 12.2 Å². The molecule has 4 N–H and O–H groups in total. The zero-order chi connectivity index (χ0) is 33.3. The Bertz CT molecular complexity index is 1400. The van der Waals surface area contributed by atoms with Gasteiger partial charge in [-0.2, -0.15) is 0 Å². The van der Waals surface area contributed by atoms with E-state index in [1.54, 1.807) is 48.5 Å². The van der Waals surface area contributed by atoms with Crippen molar-refractivity contribution in [3.05, 3.63) is 140 Å². The van der Waals surface area contributed by atoms with Gasteiger partial charge in [0, 0.05) is 23.1 Å². The van der Waals surface area contributed by atoms with Gasteiger partial charge in [0.1, 0.15) is 0 Å². The Morgan fingerprint density at radius 1 is 0.630 bits per heavy atom. The van der Waals surface area contributed by atoms with Crippen molar-refractivity contribution in [1.82, 2.24) is 10.6 Å². The summed E-state index contributed by atoms with van der Waals surface area (Å²) in [7, 11) is 2.73. The molecule has 0 fully saturated rings. The normalized spacial score (nSPS) is 12.0. The molecule has 0 aromatic heterocycles. The van der Waals surface area contributed by atoms with Crippen LogP contribution in [0.5, 0.6) is 0 Å². The topological polar surface area (TPSA) is 117 Å². The molecular weight excluding hydrogens is 627 g/mol. The van der Waals surface area contributed by atoms with Crippen LogP contribution in [0, 0.1) is 0 Å². The summed E-state index contributed by atoms with van der Waals surface area (Å²) in [5.74, 6) is -0.668. The van der Waals surface area contributed by atoms with Crippen LogP contribution >= 0.6 is 23.2 Å². The molecule has 4 aromatic carbocycles. The molecule has 0 saturated carbocycles. The van der Waals surface area contributed by atoms with Crippen LogP contribution in [0.3, 0.4) is 0 Å². The van der Waals surface area contributed by atoms with Crippen molar-refractivity contribution in [3.8, 4) is 0 Å². The number of rotatable bonds is 14. The molecule has 4 aromatic rings. The molecule has 46 heavy (non-hydrogen) atoms. The van der Waals surface area contributed by atoms with Crippen LogP contribution in [0.2, 0.25) is 10.0 Å². The monoisotopic (exact) mass is 666 g/mol. The minimum absolute atomic E-state index is 0.334. The fourth-order valence-corrected chi connectivity index (χ4v) is 4.85. The van der Waals surface area contributed by atoms with Crippen LogP contribution < -0.4 is 10.6 Å². The third-order valence-electron chi connectivity index (χ3n) is 7.07. The second-order valence-corrected chi connectivity index (χ2v) is 11.3. The lowest BCUT2D eigenvalue weighted by atomic mass is 10.1. The number of aliphatic hydroxyl groups excluding tert-OH is 2. The first-order valence-electron chi connectivity index (χ1n) is 14.8. The first-order chi connectivity index (χ1) is 22.2. The molecule has 0 spiro atoms. The molecule has 0 saturated heterocycles. The van der Waals surface area contributed by atoms with Crippen molar-refractivity contribution in [2.24, 2.45) is 0 Å². The van der Waals surface area contributed by atoms with E-state index in [0.717, 1.165) is 48.2 Å². The number of esters is 2. The predicted octanol–water partition coefficient (Wildman–Crippen LogP) is 5.98. The number of benzene rings is 4. The Morgan fingerprint density at radius 3 is 1.33 bits per heavy atom. The molecule has 2 atom stereocenters. The van der Waals surface area contributed by atoms with E-state index >= 15 is 0 Å². The number of nitrogens with one attached hydrogen (secondary N) is 2. The van der Waals surface area contributed by atoms with Gasteiger partial charge >= 0.3 is 11.9 Å². The highest BCUT2D eigenvalue weighted by Crippen LogP contribution is 2.18. The van der Waals surface area contributed by atoms with E-state index in [9.17, 15) is 19.8 Å². The molecule has 0 heterocycles. The zero-order valence-corrected chi connectivity index (χ0v) is 27.4. The average Bonchev–Trinajstić information content (AvgIpc) is 3.08. The quantitative estimate of drug-likeness (QED) is 0.0959. The van der Waals surface area contributed by atoms with Crippen LogP contribution in [0.25, 0.3) is 0 Å². The fraction of sp³-hybridized carbons (Fsp3) is 0.278. The Kier molecular flexibility index (Phi) is 15.7. The summed E-state index contributed by atoms with van der Waals surface area (Å²) in [6.45, 7) is 2.38. The number of carbonyl (C=O) groups excluding carboxylic acids is 2. The maximum atomic E-state index is 11.3. The number of halogens is 2. The van der Waals surface area contributed by atoms with Gasteiger partial charge in [-0.15, -0.1) is 0 Å². The van der Waals surface area contributed by atoms with E-state index in [1.165, 1.54) is 14.2 Å². The van der Waals surface area contributed by atoms with Gasteiger partial charge in [-0.25, -0.2) is 9.59 Å². The lowest BCUT2D eigenvalue weighted by Crippen LogP contribution is -2.23. The summed E-state index contributed by atoms with van der Waals surface area (Å²) in [5.41, 5.74) is 4.91. The second-order valence-electron chi connectivity index (χ2n) is 10.4. The SMILES string of the molecule is COC(=O)c1ccc(CCNCC(O)c2cccc(Cl)c2)cc1.COC(=O)c1ccc(CCNCC(O)c2cccc(Cl)c2)cc1. The third kappa shape index (κ3) is 12.6. The van der Waals surface area contributed by atoms with E-state index in [2.05, 4.69) is 20.1 Å².